The van der Waals surface area contributed by atoms with Crippen LogP contribution in [0.4, 0.5) is 0 Å². The van der Waals surface area contributed by atoms with Gasteiger partial charge in [-0.1, -0.05) is 12.1 Å². The van der Waals surface area contributed by atoms with E-state index >= 15 is 0 Å². The van der Waals surface area contributed by atoms with Crippen LogP contribution in [-0.2, 0) is 11.3 Å². The van der Waals surface area contributed by atoms with Gasteiger partial charge in [-0.3, -0.25) is 4.68 Å². The number of hydrogen-bond acceptors (Lipinski definition) is 3. The summed E-state index contributed by atoms with van der Waals surface area (Å²) in [6.07, 6.45) is 5.96. The lowest BCUT2D eigenvalue weighted by atomic mass is 9.98. The topological polar surface area (TPSA) is 64.3 Å². The second-order valence-corrected chi connectivity index (χ2v) is 5.79. The minimum atomic E-state index is -0.894. The van der Waals surface area contributed by atoms with E-state index in [1.165, 1.54) is 0 Å². The van der Waals surface area contributed by atoms with Crippen molar-refractivity contribution in [2.75, 3.05) is 13.2 Å². The van der Waals surface area contributed by atoms with Gasteiger partial charge in [0, 0.05) is 31.5 Å². The van der Waals surface area contributed by atoms with Crippen molar-refractivity contribution >= 4 is 5.97 Å². The van der Waals surface area contributed by atoms with Crippen LogP contribution in [-0.4, -0.2) is 34.1 Å². The number of hydrogen-bond donors (Lipinski definition) is 1. The third-order valence-corrected chi connectivity index (χ3v) is 4.29. The number of ether oxygens (including phenoxy) is 1. The monoisotopic (exact) mass is 300 g/mol. The Bertz CT molecular complexity index is 672. The summed E-state index contributed by atoms with van der Waals surface area (Å²) in [6.45, 7) is 4.40. The van der Waals surface area contributed by atoms with E-state index in [-0.39, 0.29) is 0 Å². The summed E-state index contributed by atoms with van der Waals surface area (Å²) in [6, 6.07) is 5.35. The highest BCUT2D eigenvalue weighted by Crippen LogP contribution is 2.26. The van der Waals surface area contributed by atoms with Crippen molar-refractivity contribution in [1.82, 2.24) is 9.78 Å². The van der Waals surface area contributed by atoms with Crippen molar-refractivity contribution in [3.05, 3.63) is 41.7 Å². The van der Waals surface area contributed by atoms with Gasteiger partial charge in [0.05, 0.1) is 11.8 Å². The summed E-state index contributed by atoms with van der Waals surface area (Å²) < 4.78 is 7.33. The summed E-state index contributed by atoms with van der Waals surface area (Å²) in [7, 11) is 0. The van der Waals surface area contributed by atoms with E-state index < -0.39 is 5.97 Å². The van der Waals surface area contributed by atoms with E-state index in [0.29, 0.717) is 11.5 Å². The number of rotatable bonds is 4. The maximum atomic E-state index is 11.2. The van der Waals surface area contributed by atoms with Gasteiger partial charge in [0.1, 0.15) is 0 Å². The summed E-state index contributed by atoms with van der Waals surface area (Å²) in [4.78, 5) is 11.2. The van der Waals surface area contributed by atoms with Crippen LogP contribution in [0.5, 0.6) is 0 Å². The zero-order chi connectivity index (χ0) is 15.5. The first kappa shape index (κ1) is 14.8. The molecule has 1 aromatic heterocycles. The molecule has 1 fully saturated rings. The van der Waals surface area contributed by atoms with E-state index in [1.54, 1.807) is 12.1 Å². The maximum Gasteiger partial charge on any atom is 0.335 e. The third kappa shape index (κ3) is 3.04. The van der Waals surface area contributed by atoms with E-state index in [2.05, 4.69) is 5.10 Å². The first-order chi connectivity index (χ1) is 10.6. The quantitative estimate of drug-likeness (QED) is 0.942. The summed E-state index contributed by atoms with van der Waals surface area (Å²) in [5, 5.41) is 13.7. The highest BCUT2D eigenvalue weighted by atomic mass is 16.5. The van der Waals surface area contributed by atoms with E-state index in [4.69, 9.17) is 4.74 Å². The Balaban J connectivity index is 1.81. The van der Waals surface area contributed by atoms with Crippen LogP contribution < -0.4 is 0 Å². The lowest BCUT2D eigenvalue weighted by molar-refractivity contribution is 0.0601. The maximum absolute atomic E-state index is 11.2. The van der Waals surface area contributed by atoms with Crippen LogP contribution in [0.1, 0.15) is 28.8 Å². The first-order valence-corrected chi connectivity index (χ1v) is 7.58. The number of carboxylic acid groups (broad SMARTS) is 1. The van der Waals surface area contributed by atoms with Gasteiger partial charge in [0.15, 0.2) is 0 Å². The fourth-order valence-corrected chi connectivity index (χ4v) is 2.98. The molecule has 1 aliphatic rings. The van der Waals surface area contributed by atoms with Gasteiger partial charge in [0.25, 0.3) is 0 Å². The van der Waals surface area contributed by atoms with Crippen molar-refractivity contribution < 1.29 is 14.6 Å². The van der Waals surface area contributed by atoms with Gasteiger partial charge in [0.2, 0.25) is 0 Å². The molecule has 1 saturated heterocycles. The van der Waals surface area contributed by atoms with Gasteiger partial charge in [-0.25, -0.2) is 4.79 Å². The van der Waals surface area contributed by atoms with Crippen LogP contribution >= 0.6 is 0 Å². The molecule has 1 N–H and O–H groups in total. The van der Waals surface area contributed by atoms with E-state index in [0.717, 1.165) is 49.3 Å². The first-order valence-electron chi connectivity index (χ1n) is 7.58. The predicted octanol–water partition coefficient (Wildman–Crippen LogP) is 2.98. The molecule has 0 amide bonds. The third-order valence-electron chi connectivity index (χ3n) is 4.29. The molecule has 0 atom stereocenters. The minimum absolute atomic E-state index is 0.342. The molecule has 0 bridgehead atoms. The Morgan fingerprint density at radius 3 is 2.91 bits per heavy atom. The minimum Gasteiger partial charge on any atom is -0.478 e. The number of aromatic carboxylic acids is 1. The molecular weight excluding hydrogens is 280 g/mol. The van der Waals surface area contributed by atoms with Gasteiger partial charge >= 0.3 is 5.97 Å². The molecule has 0 radical (unpaired) electrons. The van der Waals surface area contributed by atoms with Crippen LogP contribution in [0.2, 0.25) is 0 Å². The largest absolute Gasteiger partial charge is 0.478 e. The van der Waals surface area contributed by atoms with Crippen molar-refractivity contribution in [2.24, 2.45) is 5.92 Å². The van der Waals surface area contributed by atoms with E-state index in [1.807, 2.05) is 30.1 Å². The summed E-state index contributed by atoms with van der Waals surface area (Å²) >= 11 is 0. The van der Waals surface area contributed by atoms with Crippen LogP contribution in [0.25, 0.3) is 11.1 Å². The highest BCUT2D eigenvalue weighted by molar-refractivity contribution is 5.91. The van der Waals surface area contributed by atoms with E-state index in [9.17, 15) is 9.90 Å². The van der Waals surface area contributed by atoms with Crippen LogP contribution in [0.3, 0.4) is 0 Å². The van der Waals surface area contributed by atoms with Gasteiger partial charge in [-0.05, 0) is 42.9 Å². The molecule has 0 unspecified atom stereocenters. The smallest absolute Gasteiger partial charge is 0.335 e. The number of carbonyl (C=O) groups is 1. The molecule has 1 aromatic carbocycles. The molecule has 3 rings (SSSR count). The number of benzene rings is 1. The van der Waals surface area contributed by atoms with Gasteiger partial charge in [-0.15, -0.1) is 0 Å². The molecule has 22 heavy (non-hydrogen) atoms. The second kappa shape index (κ2) is 6.32. The molecule has 116 valence electrons. The van der Waals surface area contributed by atoms with Crippen molar-refractivity contribution in [3.63, 3.8) is 0 Å². The normalized spacial score (nSPS) is 15.9. The van der Waals surface area contributed by atoms with Crippen molar-refractivity contribution in [3.8, 4) is 11.1 Å². The standard InChI is InChI=1S/C17H20N2O3/c1-12-15(3-2-4-16(12)17(20)21)14-9-18-19(11-14)10-13-5-7-22-8-6-13/h2-4,9,11,13H,5-8,10H2,1H3,(H,20,21). The SMILES string of the molecule is Cc1c(C(=O)O)cccc1-c1cnn(CC2CCOCC2)c1. The highest BCUT2D eigenvalue weighted by Gasteiger charge is 2.16. The average molecular weight is 300 g/mol. The van der Waals surface area contributed by atoms with Gasteiger partial charge < -0.3 is 9.84 Å². The summed E-state index contributed by atoms with van der Waals surface area (Å²) in [5.74, 6) is -0.290. The fraction of sp³-hybridized carbons (Fsp3) is 0.412. The molecule has 2 aromatic rings. The molecule has 1 aliphatic heterocycles. The Labute approximate surface area is 129 Å². The molecule has 0 spiro atoms. The van der Waals surface area contributed by atoms with Crippen molar-refractivity contribution in [2.45, 2.75) is 26.3 Å². The molecular formula is C17H20N2O3. The fourth-order valence-electron chi connectivity index (χ4n) is 2.98. The van der Waals surface area contributed by atoms with Crippen LogP contribution in [0.15, 0.2) is 30.6 Å². The zero-order valence-electron chi connectivity index (χ0n) is 12.7. The Kier molecular flexibility index (Phi) is 4.24. The average Bonchev–Trinajstić information content (AvgIpc) is 2.96. The summed E-state index contributed by atoms with van der Waals surface area (Å²) in [5.41, 5.74) is 3.01. The van der Waals surface area contributed by atoms with Gasteiger partial charge in [-0.2, -0.15) is 5.10 Å². The Hall–Kier alpha value is -2.14. The Morgan fingerprint density at radius 2 is 2.18 bits per heavy atom. The lowest BCUT2D eigenvalue weighted by Gasteiger charge is -2.21. The zero-order valence-corrected chi connectivity index (χ0v) is 12.7. The Morgan fingerprint density at radius 1 is 1.41 bits per heavy atom. The predicted molar refractivity (Wildman–Crippen MR) is 82.9 cm³/mol. The molecule has 5 heteroatoms. The molecule has 5 nitrogen and oxygen atoms in total. The van der Waals surface area contributed by atoms with Crippen LogP contribution in [0, 0.1) is 12.8 Å². The molecule has 2 heterocycles. The molecule has 0 aliphatic carbocycles. The number of aromatic nitrogens is 2. The second-order valence-electron chi connectivity index (χ2n) is 5.79. The number of nitrogens with zero attached hydrogens (tertiary/aromatic N) is 2. The van der Waals surface area contributed by atoms with Crippen molar-refractivity contribution in [1.29, 1.82) is 0 Å². The lowest BCUT2D eigenvalue weighted by Crippen LogP contribution is -2.20. The molecule has 0 saturated carbocycles. The number of carboxylic acids is 1.